The van der Waals surface area contributed by atoms with Crippen LogP contribution in [0, 0.1) is 5.41 Å². The van der Waals surface area contributed by atoms with Crippen LogP contribution >= 0.6 is 0 Å². The third kappa shape index (κ3) is 2.95. The number of nitrogens with one attached hydrogen (secondary N) is 1. The molecule has 3 nitrogen and oxygen atoms in total. The Kier molecular flexibility index (Phi) is 3.44. The summed E-state index contributed by atoms with van der Waals surface area (Å²) in [4.78, 5) is 4.28. The van der Waals surface area contributed by atoms with E-state index in [1.807, 2.05) is 12.1 Å². The average Bonchev–Trinajstić information content (AvgIpc) is 2.24. The lowest BCUT2D eigenvalue weighted by atomic mass is 9.70. The van der Waals surface area contributed by atoms with Gasteiger partial charge in [0.15, 0.2) is 0 Å². The van der Waals surface area contributed by atoms with Gasteiger partial charge in [-0.05, 0) is 30.4 Å². The molecule has 88 valence electrons. The van der Waals surface area contributed by atoms with Crippen molar-refractivity contribution in [1.82, 2.24) is 10.3 Å². The van der Waals surface area contributed by atoms with Gasteiger partial charge in [0.25, 0.3) is 0 Å². The monoisotopic (exact) mass is 219 g/mol. The molecule has 0 radical (unpaired) electrons. The van der Waals surface area contributed by atoms with Crippen LogP contribution in [0.5, 0.6) is 0 Å². The summed E-state index contributed by atoms with van der Waals surface area (Å²) in [5, 5.41) is 3.52. The highest BCUT2D eigenvalue weighted by Crippen LogP contribution is 2.39. The number of rotatable bonds is 5. The fraction of sp³-hybridized carbons (Fsp3) is 0.615. The van der Waals surface area contributed by atoms with Gasteiger partial charge in [-0.25, -0.2) is 0 Å². The minimum absolute atomic E-state index is 0.564. The van der Waals surface area contributed by atoms with Gasteiger partial charge in [-0.3, -0.25) is 4.98 Å². The summed E-state index contributed by atoms with van der Waals surface area (Å²) in [6, 6.07) is 3.91. The van der Waals surface area contributed by atoms with Gasteiger partial charge in [0.1, 0.15) is 0 Å². The lowest BCUT2D eigenvalue weighted by Crippen LogP contribution is -2.38. The Labute approximate surface area is 97.5 Å². The van der Waals surface area contributed by atoms with E-state index in [1.165, 1.54) is 19.3 Å². The predicted octanol–water partition coefficient (Wildman–Crippen LogP) is 1.99. The van der Waals surface area contributed by atoms with Crippen LogP contribution < -0.4 is 11.1 Å². The van der Waals surface area contributed by atoms with Crippen LogP contribution in [0.4, 0.5) is 5.69 Å². The molecular formula is C13H21N3. The third-order valence-corrected chi connectivity index (χ3v) is 3.52. The fourth-order valence-corrected chi connectivity index (χ4v) is 2.15. The molecule has 0 bridgehead atoms. The van der Waals surface area contributed by atoms with Crippen molar-refractivity contribution in [2.75, 3.05) is 18.8 Å². The first-order valence-electron chi connectivity index (χ1n) is 6.09. The van der Waals surface area contributed by atoms with E-state index in [4.69, 9.17) is 5.73 Å². The Bertz CT molecular complexity index is 328. The maximum absolute atomic E-state index is 5.59. The van der Waals surface area contributed by atoms with Crippen molar-refractivity contribution in [3.05, 3.63) is 24.0 Å². The van der Waals surface area contributed by atoms with E-state index >= 15 is 0 Å². The van der Waals surface area contributed by atoms with Crippen molar-refractivity contribution < 1.29 is 0 Å². The lowest BCUT2D eigenvalue weighted by Gasteiger charge is -2.38. The number of aromatic nitrogens is 1. The summed E-state index contributed by atoms with van der Waals surface area (Å²) in [5.41, 5.74) is 8.00. The molecule has 1 fully saturated rings. The Balaban J connectivity index is 1.66. The van der Waals surface area contributed by atoms with Crippen LogP contribution in [0.25, 0.3) is 0 Å². The molecule has 2 rings (SSSR count). The molecule has 16 heavy (non-hydrogen) atoms. The normalized spacial score (nSPS) is 18.1. The third-order valence-electron chi connectivity index (χ3n) is 3.52. The molecule has 3 N–H and O–H groups in total. The predicted molar refractivity (Wildman–Crippen MR) is 67.2 cm³/mol. The zero-order valence-electron chi connectivity index (χ0n) is 10.00. The van der Waals surface area contributed by atoms with Crippen molar-refractivity contribution in [2.24, 2.45) is 5.41 Å². The molecule has 1 saturated carbocycles. The van der Waals surface area contributed by atoms with Gasteiger partial charge in [-0.15, -0.1) is 0 Å². The van der Waals surface area contributed by atoms with Gasteiger partial charge in [-0.1, -0.05) is 13.3 Å². The second-order valence-electron chi connectivity index (χ2n) is 5.17. The van der Waals surface area contributed by atoms with Crippen LogP contribution in [0.2, 0.25) is 0 Å². The van der Waals surface area contributed by atoms with Crippen molar-refractivity contribution in [3.8, 4) is 0 Å². The summed E-state index contributed by atoms with van der Waals surface area (Å²) >= 11 is 0. The van der Waals surface area contributed by atoms with E-state index in [9.17, 15) is 0 Å². The Hall–Kier alpha value is -1.09. The minimum atomic E-state index is 0.564. The van der Waals surface area contributed by atoms with E-state index in [0.717, 1.165) is 30.9 Å². The average molecular weight is 219 g/mol. The number of nitrogen functional groups attached to an aromatic ring is 1. The highest BCUT2D eigenvalue weighted by Gasteiger charge is 2.30. The van der Waals surface area contributed by atoms with Crippen LogP contribution in [0.1, 0.15) is 31.9 Å². The van der Waals surface area contributed by atoms with E-state index in [1.54, 1.807) is 6.20 Å². The molecule has 1 aromatic rings. The summed E-state index contributed by atoms with van der Waals surface area (Å²) in [7, 11) is 0. The fourth-order valence-electron chi connectivity index (χ4n) is 2.15. The van der Waals surface area contributed by atoms with Crippen molar-refractivity contribution in [2.45, 2.75) is 32.6 Å². The van der Waals surface area contributed by atoms with E-state index in [2.05, 4.69) is 17.2 Å². The molecule has 3 heteroatoms. The number of hydrogen-bond donors (Lipinski definition) is 2. The van der Waals surface area contributed by atoms with Crippen LogP contribution in [0.3, 0.4) is 0 Å². The molecule has 0 unspecified atom stereocenters. The van der Waals surface area contributed by atoms with E-state index < -0.39 is 0 Å². The van der Waals surface area contributed by atoms with Crippen molar-refractivity contribution in [3.63, 3.8) is 0 Å². The number of pyridine rings is 1. The zero-order chi connectivity index (χ0) is 11.4. The number of anilines is 1. The molecule has 0 aliphatic heterocycles. The van der Waals surface area contributed by atoms with Crippen LogP contribution in [-0.4, -0.2) is 18.1 Å². The SMILES string of the molecule is CC1(CNCCc2ccc(N)cn2)CCC1. The highest BCUT2D eigenvalue weighted by molar-refractivity contribution is 5.34. The maximum atomic E-state index is 5.59. The molecule has 0 amide bonds. The zero-order valence-corrected chi connectivity index (χ0v) is 10.00. The second kappa shape index (κ2) is 4.83. The number of nitrogens with two attached hydrogens (primary N) is 1. The second-order valence-corrected chi connectivity index (χ2v) is 5.17. The summed E-state index contributed by atoms with van der Waals surface area (Å²) in [6.45, 7) is 4.51. The topological polar surface area (TPSA) is 50.9 Å². The van der Waals surface area contributed by atoms with Gasteiger partial charge < -0.3 is 11.1 Å². The van der Waals surface area contributed by atoms with Gasteiger partial charge >= 0.3 is 0 Å². The molecular weight excluding hydrogens is 198 g/mol. The van der Waals surface area contributed by atoms with Gasteiger partial charge in [0.05, 0.1) is 11.9 Å². The Morgan fingerprint density at radius 2 is 2.25 bits per heavy atom. The van der Waals surface area contributed by atoms with Crippen molar-refractivity contribution in [1.29, 1.82) is 0 Å². The largest absolute Gasteiger partial charge is 0.397 e. The van der Waals surface area contributed by atoms with Crippen molar-refractivity contribution >= 4 is 5.69 Å². The van der Waals surface area contributed by atoms with Gasteiger partial charge in [0, 0.05) is 25.2 Å². The quantitative estimate of drug-likeness (QED) is 0.745. The molecule has 0 atom stereocenters. The van der Waals surface area contributed by atoms with Gasteiger partial charge in [-0.2, -0.15) is 0 Å². The first-order valence-corrected chi connectivity index (χ1v) is 6.09. The number of hydrogen-bond acceptors (Lipinski definition) is 3. The molecule has 1 aliphatic carbocycles. The molecule has 0 saturated heterocycles. The molecule has 0 spiro atoms. The smallest absolute Gasteiger partial charge is 0.0501 e. The van der Waals surface area contributed by atoms with E-state index in [0.29, 0.717) is 5.41 Å². The summed E-state index contributed by atoms with van der Waals surface area (Å²) < 4.78 is 0. The lowest BCUT2D eigenvalue weighted by molar-refractivity contribution is 0.157. The molecule has 0 aromatic carbocycles. The first-order chi connectivity index (χ1) is 7.68. The summed E-state index contributed by atoms with van der Waals surface area (Å²) in [5.74, 6) is 0. The Morgan fingerprint density at radius 3 is 2.81 bits per heavy atom. The molecule has 1 aliphatic rings. The Morgan fingerprint density at radius 1 is 1.44 bits per heavy atom. The first kappa shape index (κ1) is 11.4. The molecule has 1 heterocycles. The highest BCUT2D eigenvalue weighted by atomic mass is 14.9. The van der Waals surface area contributed by atoms with Crippen LogP contribution in [-0.2, 0) is 6.42 Å². The molecule has 1 aromatic heterocycles. The standard InChI is InChI=1S/C13H21N3/c1-13(6-2-7-13)10-15-8-5-12-4-3-11(14)9-16-12/h3-4,9,15H,2,5-8,10,14H2,1H3. The van der Waals surface area contributed by atoms with Crippen LogP contribution in [0.15, 0.2) is 18.3 Å². The minimum Gasteiger partial charge on any atom is -0.397 e. The summed E-state index contributed by atoms with van der Waals surface area (Å²) in [6.07, 6.45) is 6.86. The van der Waals surface area contributed by atoms with Gasteiger partial charge in [0.2, 0.25) is 0 Å². The van der Waals surface area contributed by atoms with E-state index in [-0.39, 0.29) is 0 Å². The number of nitrogens with zero attached hydrogens (tertiary/aromatic N) is 1. The maximum Gasteiger partial charge on any atom is 0.0501 e.